The Labute approximate surface area is 330 Å². The van der Waals surface area contributed by atoms with Crippen molar-refractivity contribution in [3.63, 3.8) is 0 Å². The maximum absolute atomic E-state index is 12.9. The first kappa shape index (κ1) is 44.0. The van der Waals surface area contributed by atoms with Crippen LogP contribution in [0.2, 0.25) is 0 Å². The summed E-state index contributed by atoms with van der Waals surface area (Å²) in [6, 6.07) is 25.4. The number of hydrogen-bond donors (Lipinski definition) is 0. The number of likely N-dealkylation sites (N-methyl/N-ethyl adjacent to an activating group) is 1. The number of methoxy groups -OCH3 is 4. The van der Waals surface area contributed by atoms with E-state index in [-0.39, 0.29) is 41.4 Å². The van der Waals surface area contributed by atoms with Crippen molar-refractivity contribution in [2.75, 3.05) is 61.8 Å². The van der Waals surface area contributed by atoms with Gasteiger partial charge < -0.3 is 32.7 Å². The molecule has 56 heavy (non-hydrogen) atoms. The van der Waals surface area contributed by atoms with E-state index in [9.17, 15) is 26.2 Å². The zero-order chi connectivity index (χ0) is 40.8. The van der Waals surface area contributed by atoms with E-state index in [2.05, 4.69) is 25.2 Å². The molecule has 0 amide bonds. The molecule has 0 radical (unpaired) electrons. The van der Waals surface area contributed by atoms with Gasteiger partial charge >= 0.3 is 5.97 Å². The van der Waals surface area contributed by atoms with Gasteiger partial charge in [-0.2, -0.15) is 8.42 Å². The van der Waals surface area contributed by atoms with Crippen molar-refractivity contribution in [1.29, 1.82) is 0 Å². The van der Waals surface area contributed by atoms with E-state index in [0.717, 1.165) is 24.9 Å². The number of rotatable bonds is 18. The lowest BCUT2D eigenvalue weighted by atomic mass is 9.86. The molecule has 0 fully saturated rings. The second kappa shape index (κ2) is 20.5. The molecule has 4 aromatic rings. The van der Waals surface area contributed by atoms with Crippen LogP contribution in [0.3, 0.4) is 0 Å². The Balaban J connectivity index is 0.000000604. The van der Waals surface area contributed by atoms with Crippen LogP contribution in [0.1, 0.15) is 48.4 Å². The summed E-state index contributed by atoms with van der Waals surface area (Å²) in [6.07, 6.45) is 3.69. The second-order valence-electron chi connectivity index (χ2n) is 13.4. The monoisotopic (exact) mass is 813 g/mol. The van der Waals surface area contributed by atoms with Crippen molar-refractivity contribution >= 4 is 26.2 Å². The molecular weight excluding hydrogens is 763 g/mol. The van der Waals surface area contributed by atoms with Gasteiger partial charge in [0.15, 0.2) is 23.0 Å². The van der Waals surface area contributed by atoms with Gasteiger partial charge in [0, 0.05) is 18.4 Å². The first-order valence-corrected chi connectivity index (χ1v) is 21.0. The van der Waals surface area contributed by atoms with Crippen molar-refractivity contribution in [2.24, 2.45) is 0 Å². The Morgan fingerprint density at radius 1 is 0.714 bits per heavy atom. The number of benzene rings is 4. The van der Waals surface area contributed by atoms with Gasteiger partial charge in [-0.25, -0.2) is 8.42 Å². The van der Waals surface area contributed by atoms with E-state index in [1.165, 1.54) is 47.5 Å². The van der Waals surface area contributed by atoms with Crippen LogP contribution in [0.4, 0.5) is 0 Å². The Morgan fingerprint density at radius 3 is 1.88 bits per heavy atom. The summed E-state index contributed by atoms with van der Waals surface area (Å²) >= 11 is 0. The molecular formula is C41H51NO12S2. The molecule has 4 aromatic carbocycles. The van der Waals surface area contributed by atoms with Gasteiger partial charge in [-0.05, 0) is 78.9 Å². The fourth-order valence-electron chi connectivity index (χ4n) is 6.56. The fraction of sp³-hybridized carbons (Fsp3) is 0.390. The van der Waals surface area contributed by atoms with Crippen molar-refractivity contribution in [3.8, 4) is 23.0 Å². The van der Waals surface area contributed by atoms with Gasteiger partial charge in [0.2, 0.25) is 0 Å². The largest absolute Gasteiger partial charge is 0.744 e. The van der Waals surface area contributed by atoms with Crippen LogP contribution in [0.5, 0.6) is 23.0 Å². The molecule has 0 saturated heterocycles. The molecule has 1 heterocycles. The average molecular weight is 814 g/mol. The molecule has 304 valence electrons. The summed E-state index contributed by atoms with van der Waals surface area (Å²) < 4.78 is 88.9. The van der Waals surface area contributed by atoms with Crippen LogP contribution in [0, 0.1) is 0 Å². The van der Waals surface area contributed by atoms with Crippen LogP contribution >= 0.6 is 0 Å². The van der Waals surface area contributed by atoms with Crippen molar-refractivity contribution in [3.05, 3.63) is 108 Å². The summed E-state index contributed by atoms with van der Waals surface area (Å²) in [5, 5.41) is 0. The van der Waals surface area contributed by atoms with Crippen LogP contribution in [0.25, 0.3) is 0 Å². The standard InChI is InChI=1S/C35H46NO9S.C6H6O3S/c1-36(19-17-35(37)44-20-10-7-11-21-45-46(38,39)28-12-8-6-9-13-28)18-16-27-24-33(42-4)34(43-5)25-29(27)30(36)22-26-14-15-31(40-2)32(23-26)41-3;7-10(8,9)6-4-2-1-3-5-6/h6,8-9,12-15,23-25,30H,7,10-11,16-22H2,1-5H3;1-5H,(H,7,8,9)/q+1;/p-1/t30-,36-;/m1./s1. The van der Waals surface area contributed by atoms with E-state index in [1.54, 1.807) is 52.7 Å². The highest BCUT2D eigenvalue weighted by Crippen LogP contribution is 2.43. The van der Waals surface area contributed by atoms with Gasteiger partial charge in [0.1, 0.15) is 16.2 Å². The number of nitrogens with zero attached hydrogens (tertiary/aromatic N) is 1. The molecule has 0 N–H and O–H groups in total. The summed E-state index contributed by atoms with van der Waals surface area (Å²) in [5.41, 5.74) is 3.48. The van der Waals surface area contributed by atoms with E-state index < -0.39 is 20.2 Å². The van der Waals surface area contributed by atoms with E-state index in [1.807, 2.05) is 12.1 Å². The highest BCUT2D eigenvalue weighted by Gasteiger charge is 2.40. The quantitative estimate of drug-likeness (QED) is 0.0373. The predicted molar refractivity (Wildman–Crippen MR) is 209 cm³/mol. The smallest absolute Gasteiger partial charge is 0.311 e. The summed E-state index contributed by atoms with van der Waals surface area (Å²) in [7, 11) is 0.716. The Hall–Kier alpha value is -4.67. The molecule has 0 saturated carbocycles. The van der Waals surface area contributed by atoms with Gasteiger partial charge in [-0.1, -0.05) is 42.5 Å². The van der Waals surface area contributed by atoms with Crippen LogP contribution in [-0.4, -0.2) is 93.6 Å². The summed E-state index contributed by atoms with van der Waals surface area (Å²) in [4.78, 5) is 12.8. The number of ether oxygens (including phenoxy) is 5. The highest BCUT2D eigenvalue weighted by atomic mass is 32.2. The molecule has 15 heteroatoms. The Bertz CT molecular complexity index is 2100. The average Bonchev–Trinajstić information content (AvgIpc) is 3.20. The normalized spacial score (nSPS) is 16.4. The van der Waals surface area contributed by atoms with E-state index in [4.69, 9.17) is 27.9 Å². The van der Waals surface area contributed by atoms with Gasteiger partial charge in [-0.15, -0.1) is 0 Å². The summed E-state index contributed by atoms with van der Waals surface area (Å²) in [5.74, 6) is 2.48. The highest BCUT2D eigenvalue weighted by molar-refractivity contribution is 7.86. The van der Waals surface area contributed by atoms with Gasteiger partial charge in [0.25, 0.3) is 10.1 Å². The van der Waals surface area contributed by atoms with E-state index in [0.29, 0.717) is 53.3 Å². The minimum absolute atomic E-state index is 0.0432. The van der Waals surface area contributed by atoms with Crippen molar-refractivity contribution in [1.82, 2.24) is 0 Å². The SMILES string of the molecule is COc1ccc(C[C@@H]2c3cc(OC)c(OC)cc3CC[N@+]2(C)CCC(=O)OCCCCCOS(=O)(=O)c2ccccc2)cc1OC.O=S(=O)([O-])c1ccccc1. The Morgan fingerprint density at radius 2 is 1.29 bits per heavy atom. The van der Waals surface area contributed by atoms with Crippen molar-refractivity contribution < 1.29 is 58.5 Å². The zero-order valence-corrected chi connectivity index (χ0v) is 34.1. The zero-order valence-electron chi connectivity index (χ0n) is 32.5. The number of quaternary nitrogens is 1. The minimum Gasteiger partial charge on any atom is -0.744 e. The molecule has 13 nitrogen and oxygen atoms in total. The number of hydrogen-bond acceptors (Lipinski definition) is 12. The molecule has 2 atom stereocenters. The van der Waals surface area contributed by atoms with E-state index >= 15 is 0 Å². The molecule has 0 aromatic heterocycles. The van der Waals surface area contributed by atoms with Crippen molar-refractivity contribution in [2.45, 2.75) is 54.4 Å². The molecule has 0 spiro atoms. The molecule has 0 aliphatic carbocycles. The lowest BCUT2D eigenvalue weighted by molar-refractivity contribution is -0.940. The first-order valence-electron chi connectivity index (χ1n) is 18.2. The first-order chi connectivity index (χ1) is 26.7. The Kier molecular flexibility index (Phi) is 16.1. The lowest BCUT2D eigenvalue weighted by Gasteiger charge is -2.46. The maximum atomic E-state index is 12.9. The topological polar surface area (TPSA) is 164 Å². The number of unbranched alkanes of at least 4 members (excludes halogenated alkanes) is 2. The molecule has 0 bridgehead atoms. The molecule has 1 aliphatic heterocycles. The fourth-order valence-corrected chi connectivity index (χ4v) is 8.01. The lowest BCUT2D eigenvalue weighted by Crippen LogP contribution is -2.53. The third-order valence-electron chi connectivity index (χ3n) is 9.71. The minimum atomic E-state index is -4.25. The van der Waals surface area contributed by atoms with Crippen LogP contribution in [0.15, 0.2) is 101 Å². The predicted octanol–water partition coefficient (Wildman–Crippen LogP) is 6.11. The maximum Gasteiger partial charge on any atom is 0.311 e. The molecule has 0 unspecified atom stereocenters. The molecule has 1 aliphatic rings. The number of carbonyl (C=O) groups is 1. The molecule has 5 rings (SSSR count). The van der Waals surface area contributed by atoms with Gasteiger partial charge in [0.05, 0.1) is 78.0 Å². The number of fused-ring (bicyclic) bond motifs is 1. The number of carbonyl (C=O) groups excluding carboxylic acids is 1. The summed E-state index contributed by atoms with van der Waals surface area (Å²) in [6.45, 7) is 1.82. The third kappa shape index (κ3) is 12.2. The van der Waals surface area contributed by atoms with Gasteiger partial charge in [-0.3, -0.25) is 8.98 Å². The number of esters is 1. The van der Waals surface area contributed by atoms with Crippen LogP contribution in [-0.2, 0) is 46.8 Å². The third-order valence-corrected chi connectivity index (χ3v) is 11.9. The second-order valence-corrected chi connectivity index (χ2v) is 16.4. The van der Waals surface area contributed by atoms with Crippen LogP contribution < -0.4 is 18.9 Å².